The van der Waals surface area contributed by atoms with Crippen molar-refractivity contribution < 1.29 is 4.79 Å². The highest BCUT2D eigenvalue weighted by Crippen LogP contribution is 2.13. The Kier molecular flexibility index (Phi) is 5.52. The molecule has 1 rings (SSSR count). The summed E-state index contributed by atoms with van der Waals surface area (Å²) >= 11 is 4.02. The van der Waals surface area contributed by atoms with Crippen molar-refractivity contribution in [3.8, 4) is 6.07 Å². The summed E-state index contributed by atoms with van der Waals surface area (Å²) in [6.07, 6.45) is 1.84. The molecular formula is C11H17N5OS. The number of H-pyrrole nitrogens is 1. The Morgan fingerprint density at radius 1 is 1.67 bits per heavy atom. The standard InChI is InChI=1S/C11H17N5OS/c1-16(10(17)4-6-18)5-2-3-9-8(7-12)11(13)15-14-9/h18H,2-6H2,1H3,(H3,13,14,15). The van der Waals surface area contributed by atoms with E-state index in [9.17, 15) is 4.79 Å². The summed E-state index contributed by atoms with van der Waals surface area (Å²) in [6.45, 7) is 0.635. The molecule has 0 aliphatic rings. The summed E-state index contributed by atoms with van der Waals surface area (Å²) < 4.78 is 0. The van der Waals surface area contributed by atoms with E-state index in [0.717, 1.165) is 12.1 Å². The zero-order valence-corrected chi connectivity index (χ0v) is 11.2. The van der Waals surface area contributed by atoms with E-state index in [-0.39, 0.29) is 11.7 Å². The largest absolute Gasteiger partial charge is 0.381 e. The molecule has 0 saturated carbocycles. The number of nitrogens with two attached hydrogens (primary N) is 1. The molecule has 1 aromatic heterocycles. The summed E-state index contributed by atoms with van der Waals surface area (Å²) in [6, 6.07) is 2.02. The monoisotopic (exact) mass is 267 g/mol. The second-order valence-electron chi connectivity index (χ2n) is 3.97. The lowest BCUT2D eigenvalue weighted by Crippen LogP contribution is -2.28. The number of carbonyl (C=O) groups excluding carboxylic acids is 1. The molecule has 18 heavy (non-hydrogen) atoms. The molecular weight excluding hydrogens is 250 g/mol. The van der Waals surface area contributed by atoms with Crippen molar-refractivity contribution in [2.45, 2.75) is 19.3 Å². The molecule has 3 N–H and O–H groups in total. The van der Waals surface area contributed by atoms with Gasteiger partial charge in [-0.2, -0.15) is 23.0 Å². The van der Waals surface area contributed by atoms with Crippen LogP contribution in [0.4, 0.5) is 5.82 Å². The number of carbonyl (C=O) groups is 1. The molecule has 0 aliphatic carbocycles. The Labute approximate surface area is 112 Å². The Hall–Kier alpha value is -1.68. The Balaban J connectivity index is 2.42. The number of amides is 1. The van der Waals surface area contributed by atoms with E-state index < -0.39 is 0 Å². The van der Waals surface area contributed by atoms with E-state index in [2.05, 4.69) is 22.8 Å². The van der Waals surface area contributed by atoms with Gasteiger partial charge in [-0.3, -0.25) is 9.89 Å². The van der Waals surface area contributed by atoms with Crippen LogP contribution in [0.25, 0.3) is 0 Å². The van der Waals surface area contributed by atoms with Crippen molar-refractivity contribution >= 4 is 24.4 Å². The molecule has 0 spiro atoms. The van der Waals surface area contributed by atoms with Crippen LogP contribution < -0.4 is 5.73 Å². The second-order valence-corrected chi connectivity index (χ2v) is 4.41. The van der Waals surface area contributed by atoms with Crippen molar-refractivity contribution in [3.63, 3.8) is 0 Å². The molecule has 7 heteroatoms. The molecule has 0 radical (unpaired) electrons. The maximum Gasteiger partial charge on any atom is 0.223 e. The van der Waals surface area contributed by atoms with Crippen molar-refractivity contribution in [2.24, 2.45) is 0 Å². The van der Waals surface area contributed by atoms with Gasteiger partial charge in [-0.1, -0.05) is 0 Å². The van der Waals surface area contributed by atoms with Crippen molar-refractivity contribution in [2.75, 3.05) is 25.1 Å². The number of anilines is 1. The number of aryl methyl sites for hydroxylation is 1. The van der Waals surface area contributed by atoms with Crippen LogP contribution in [0.2, 0.25) is 0 Å². The summed E-state index contributed by atoms with van der Waals surface area (Å²) in [5.74, 6) is 0.861. The van der Waals surface area contributed by atoms with Gasteiger partial charge in [-0.25, -0.2) is 0 Å². The molecule has 0 bridgehead atoms. The maximum atomic E-state index is 11.5. The number of nitrogen functional groups attached to an aromatic ring is 1. The van der Waals surface area contributed by atoms with Crippen LogP contribution in [0.3, 0.4) is 0 Å². The van der Waals surface area contributed by atoms with Crippen LogP contribution in [-0.4, -0.2) is 40.3 Å². The van der Waals surface area contributed by atoms with Gasteiger partial charge < -0.3 is 10.6 Å². The number of nitrogens with one attached hydrogen (secondary N) is 1. The number of thiol groups is 1. The minimum Gasteiger partial charge on any atom is -0.381 e. The van der Waals surface area contributed by atoms with Crippen LogP contribution in [-0.2, 0) is 11.2 Å². The molecule has 0 aliphatic heterocycles. The number of rotatable bonds is 6. The molecule has 1 aromatic rings. The lowest BCUT2D eigenvalue weighted by molar-refractivity contribution is -0.129. The average Bonchev–Trinajstić information content (AvgIpc) is 2.70. The third-order valence-electron chi connectivity index (χ3n) is 2.65. The first-order valence-corrected chi connectivity index (χ1v) is 6.31. The quantitative estimate of drug-likeness (QED) is 0.656. The molecule has 6 nitrogen and oxygen atoms in total. The fraction of sp³-hybridized carbons (Fsp3) is 0.545. The Bertz CT molecular complexity index is 451. The third kappa shape index (κ3) is 3.67. The van der Waals surface area contributed by atoms with Gasteiger partial charge in [-0.15, -0.1) is 0 Å². The van der Waals surface area contributed by atoms with Gasteiger partial charge in [0.1, 0.15) is 11.6 Å². The van der Waals surface area contributed by atoms with Gasteiger partial charge in [0.15, 0.2) is 5.82 Å². The second kappa shape index (κ2) is 6.91. The first kappa shape index (κ1) is 14.4. The van der Waals surface area contributed by atoms with Gasteiger partial charge in [-0.05, 0) is 18.6 Å². The predicted octanol–water partition coefficient (Wildman–Crippen LogP) is 0.574. The number of aromatic amines is 1. The summed E-state index contributed by atoms with van der Waals surface area (Å²) in [5.41, 5.74) is 6.66. The average molecular weight is 267 g/mol. The van der Waals surface area contributed by atoms with E-state index >= 15 is 0 Å². The molecule has 1 amide bonds. The van der Waals surface area contributed by atoms with Gasteiger partial charge in [0.25, 0.3) is 0 Å². The molecule has 1 heterocycles. The number of nitriles is 1. The third-order valence-corrected chi connectivity index (χ3v) is 2.88. The van der Waals surface area contributed by atoms with Crippen LogP contribution in [0, 0.1) is 11.3 Å². The Morgan fingerprint density at radius 2 is 2.39 bits per heavy atom. The highest BCUT2D eigenvalue weighted by atomic mass is 32.1. The molecule has 0 atom stereocenters. The van der Waals surface area contributed by atoms with Gasteiger partial charge >= 0.3 is 0 Å². The number of nitrogens with zero attached hydrogens (tertiary/aromatic N) is 3. The predicted molar refractivity (Wildman–Crippen MR) is 72.1 cm³/mol. The molecule has 0 saturated heterocycles. The molecule has 0 aromatic carbocycles. The van der Waals surface area contributed by atoms with E-state index in [0.29, 0.717) is 30.7 Å². The SMILES string of the molecule is CN(CCCc1[nH]nc(N)c1C#N)C(=O)CCS. The smallest absolute Gasteiger partial charge is 0.223 e. The van der Waals surface area contributed by atoms with Crippen LogP contribution in [0.1, 0.15) is 24.1 Å². The van der Waals surface area contributed by atoms with Crippen molar-refractivity contribution in [1.82, 2.24) is 15.1 Å². The van der Waals surface area contributed by atoms with E-state index in [1.807, 2.05) is 6.07 Å². The van der Waals surface area contributed by atoms with Crippen LogP contribution >= 0.6 is 12.6 Å². The van der Waals surface area contributed by atoms with E-state index in [1.54, 1.807) is 11.9 Å². The lowest BCUT2D eigenvalue weighted by Gasteiger charge is -2.16. The Morgan fingerprint density at radius 3 is 3.00 bits per heavy atom. The van der Waals surface area contributed by atoms with Crippen LogP contribution in [0.5, 0.6) is 0 Å². The van der Waals surface area contributed by atoms with Crippen molar-refractivity contribution in [1.29, 1.82) is 5.26 Å². The zero-order chi connectivity index (χ0) is 13.5. The number of hydrogen-bond acceptors (Lipinski definition) is 5. The summed E-state index contributed by atoms with van der Waals surface area (Å²) in [4.78, 5) is 13.2. The highest BCUT2D eigenvalue weighted by Gasteiger charge is 2.11. The van der Waals surface area contributed by atoms with E-state index in [1.165, 1.54) is 0 Å². The fourth-order valence-corrected chi connectivity index (χ4v) is 1.80. The fourth-order valence-electron chi connectivity index (χ4n) is 1.60. The zero-order valence-electron chi connectivity index (χ0n) is 10.3. The van der Waals surface area contributed by atoms with Crippen LogP contribution in [0.15, 0.2) is 0 Å². The summed E-state index contributed by atoms with van der Waals surface area (Å²) in [7, 11) is 1.76. The first-order valence-electron chi connectivity index (χ1n) is 5.67. The first-order chi connectivity index (χ1) is 8.60. The van der Waals surface area contributed by atoms with Gasteiger partial charge in [0.05, 0.1) is 5.69 Å². The van der Waals surface area contributed by atoms with Crippen molar-refractivity contribution in [3.05, 3.63) is 11.3 Å². The van der Waals surface area contributed by atoms with Gasteiger partial charge in [0.2, 0.25) is 5.91 Å². The molecule has 0 fully saturated rings. The summed E-state index contributed by atoms with van der Waals surface area (Å²) in [5, 5.41) is 15.4. The molecule has 0 unspecified atom stereocenters. The number of aromatic nitrogens is 2. The molecule has 98 valence electrons. The minimum atomic E-state index is 0.0784. The normalized spacial score (nSPS) is 10.1. The lowest BCUT2D eigenvalue weighted by atomic mass is 10.1. The van der Waals surface area contributed by atoms with Gasteiger partial charge in [0, 0.05) is 20.0 Å². The maximum absolute atomic E-state index is 11.5. The minimum absolute atomic E-state index is 0.0784. The highest BCUT2D eigenvalue weighted by molar-refractivity contribution is 7.80. The topological polar surface area (TPSA) is 98.8 Å². The number of hydrogen-bond donors (Lipinski definition) is 3. The van der Waals surface area contributed by atoms with E-state index in [4.69, 9.17) is 11.0 Å².